The molecule has 0 spiro atoms. The highest BCUT2D eigenvalue weighted by molar-refractivity contribution is 5.76. The molecule has 21 heavy (non-hydrogen) atoms. The van der Waals surface area contributed by atoms with E-state index in [-0.39, 0.29) is 18.4 Å². The van der Waals surface area contributed by atoms with Crippen LogP contribution in [0.1, 0.15) is 36.0 Å². The van der Waals surface area contributed by atoms with E-state index in [2.05, 4.69) is 15.2 Å². The number of carbonyl (C=O) groups excluding carboxylic acids is 1. The van der Waals surface area contributed by atoms with Gasteiger partial charge < -0.3 is 9.42 Å². The second kappa shape index (κ2) is 5.67. The molecule has 0 bridgehead atoms. The van der Waals surface area contributed by atoms with Gasteiger partial charge in [0.25, 0.3) is 0 Å². The minimum atomic E-state index is 0.0861. The van der Waals surface area contributed by atoms with Crippen molar-refractivity contribution in [1.82, 2.24) is 24.8 Å². The number of aromatic nitrogens is 4. The predicted octanol–water partition coefficient (Wildman–Crippen LogP) is 1.29. The molecule has 1 amide bonds. The van der Waals surface area contributed by atoms with Crippen molar-refractivity contribution in [2.24, 2.45) is 0 Å². The number of amides is 1. The fraction of sp³-hybridized carbons (Fsp3) is 0.571. The van der Waals surface area contributed by atoms with Crippen molar-refractivity contribution in [1.29, 1.82) is 0 Å². The van der Waals surface area contributed by atoms with E-state index in [0.717, 1.165) is 24.9 Å². The smallest absolute Gasteiger partial charge is 0.244 e. The molecular formula is C14H19N5O2. The number of piperidine rings is 1. The molecule has 3 rings (SSSR count). The van der Waals surface area contributed by atoms with Crippen LogP contribution in [-0.2, 0) is 11.3 Å². The predicted molar refractivity (Wildman–Crippen MR) is 74.6 cm³/mol. The van der Waals surface area contributed by atoms with Crippen molar-refractivity contribution in [3.8, 4) is 0 Å². The van der Waals surface area contributed by atoms with E-state index in [4.69, 9.17) is 4.52 Å². The first-order valence-corrected chi connectivity index (χ1v) is 7.19. The Morgan fingerprint density at radius 1 is 1.48 bits per heavy atom. The Hall–Kier alpha value is -2.18. The molecule has 1 aliphatic rings. The summed E-state index contributed by atoms with van der Waals surface area (Å²) in [6, 6.07) is 0. The fourth-order valence-electron chi connectivity index (χ4n) is 2.69. The van der Waals surface area contributed by atoms with Crippen molar-refractivity contribution >= 4 is 5.91 Å². The van der Waals surface area contributed by atoms with E-state index in [0.29, 0.717) is 18.3 Å². The molecule has 7 nitrogen and oxygen atoms in total. The van der Waals surface area contributed by atoms with Gasteiger partial charge in [0.15, 0.2) is 5.82 Å². The van der Waals surface area contributed by atoms with E-state index >= 15 is 0 Å². The van der Waals surface area contributed by atoms with Gasteiger partial charge in [-0.25, -0.2) is 0 Å². The summed E-state index contributed by atoms with van der Waals surface area (Å²) in [4.78, 5) is 18.5. The topological polar surface area (TPSA) is 77.0 Å². The van der Waals surface area contributed by atoms with Crippen LogP contribution in [-0.4, -0.2) is 43.8 Å². The molecule has 1 unspecified atom stereocenters. The van der Waals surface area contributed by atoms with E-state index in [1.165, 1.54) is 0 Å². The summed E-state index contributed by atoms with van der Waals surface area (Å²) in [7, 11) is 0. The zero-order chi connectivity index (χ0) is 14.8. The lowest BCUT2D eigenvalue weighted by Crippen LogP contribution is -2.41. The molecule has 0 radical (unpaired) electrons. The molecule has 1 atom stereocenters. The molecule has 7 heteroatoms. The highest BCUT2D eigenvalue weighted by Gasteiger charge is 2.27. The first-order chi connectivity index (χ1) is 10.1. The van der Waals surface area contributed by atoms with E-state index in [1.54, 1.807) is 17.8 Å². The molecule has 2 aromatic rings. The summed E-state index contributed by atoms with van der Waals surface area (Å²) in [5, 5.41) is 8.14. The van der Waals surface area contributed by atoms with Crippen molar-refractivity contribution in [2.45, 2.75) is 39.2 Å². The van der Waals surface area contributed by atoms with Crippen LogP contribution in [0.3, 0.4) is 0 Å². The van der Waals surface area contributed by atoms with Gasteiger partial charge in [0.05, 0.1) is 6.20 Å². The lowest BCUT2D eigenvalue weighted by atomic mass is 9.97. The molecule has 0 aromatic carbocycles. The fourth-order valence-corrected chi connectivity index (χ4v) is 2.69. The third-order valence-corrected chi connectivity index (χ3v) is 3.74. The maximum atomic E-state index is 12.4. The molecule has 0 aliphatic carbocycles. The first-order valence-electron chi connectivity index (χ1n) is 7.19. The summed E-state index contributed by atoms with van der Waals surface area (Å²) in [5.41, 5.74) is 1.06. The van der Waals surface area contributed by atoms with Crippen LogP contribution in [0.2, 0.25) is 0 Å². The van der Waals surface area contributed by atoms with Gasteiger partial charge in [0, 0.05) is 32.1 Å². The molecule has 0 saturated carbocycles. The molecular weight excluding hydrogens is 270 g/mol. The van der Waals surface area contributed by atoms with Gasteiger partial charge in [-0.3, -0.25) is 9.48 Å². The highest BCUT2D eigenvalue weighted by atomic mass is 16.5. The van der Waals surface area contributed by atoms with Crippen molar-refractivity contribution in [3.63, 3.8) is 0 Å². The Bertz CT molecular complexity index is 633. The molecule has 112 valence electrons. The monoisotopic (exact) mass is 289 g/mol. The number of rotatable bonds is 3. The number of aryl methyl sites for hydroxylation is 2. The summed E-state index contributed by atoms with van der Waals surface area (Å²) >= 11 is 0. The maximum Gasteiger partial charge on any atom is 0.244 e. The Kier molecular flexibility index (Phi) is 3.72. The largest absolute Gasteiger partial charge is 0.340 e. The normalized spacial score (nSPS) is 19.0. The molecule has 1 saturated heterocycles. The first kappa shape index (κ1) is 13.8. The summed E-state index contributed by atoms with van der Waals surface area (Å²) < 4.78 is 6.71. The van der Waals surface area contributed by atoms with E-state index in [9.17, 15) is 4.79 Å². The van der Waals surface area contributed by atoms with Gasteiger partial charge in [-0.15, -0.1) is 0 Å². The standard InChI is InChI=1S/C14H19N5O2/c1-10-6-15-19(7-10)9-13(20)18-5-3-4-12(8-18)14-16-11(2)21-17-14/h6-7,12H,3-5,8-9H2,1-2H3. The van der Waals surface area contributed by atoms with Crippen LogP contribution < -0.4 is 0 Å². The van der Waals surface area contributed by atoms with Crippen LogP contribution in [0.15, 0.2) is 16.9 Å². The minimum Gasteiger partial charge on any atom is -0.340 e. The van der Waals surface area contributed by atoms with Gasteiger partial charge in [0.1, 0.15) is 6.54 Å². The summed E-state index contributed by atoms with van der Waals surface area (Å²) in [6.45, 7) is 5.46. The van der Waals surface area contributed by atoms with Gasteiger partial charge in [-0.05, 0) is 25.3 Å². The SMILES string of the molecule is Cc1cnn(CC(=O)N2CCCC(c3noc(C)n3)C2)c1. The molecule has 3 heterocycles. The Labute approximate surface area is 122 Å². The van der Waals surface area contributed by atoms with Crippen LogP contribution in [0.4, 0.5) is 0 Å². The Balaban J connectivity index is 1.64. The zero-order valence-corrected chi connectivity index (χ0v) is 12.3. The van der Waals surface area contributed by atoms with Gasteiger partial charge in [-0.1, -0.05) is 5.16 Å². The molecule has 2 aromatic heterocycles. The van der Waals surface area contributed by atoms with Crippen molar-refractivity contribution in [2.75, 3.05) is 13.1 Å². The lowest BCUT2D eigenvalue weighted by molar-refractivity contribution is -0.133. The molecule has 1 fully saturated rings. The highest BCUT2D eigenvalue weighted by Crippen LogP contribution is 2.24. The van der Waals surface area contributed by atoms with Crippen molar-refractivity contribution < 1.29 is 9.32 Å². The second-order valence-corrected chi connectivity index (χ2v) is 5.57. The van der Waals surface area contributed by atoms with Gasteiger partial charge >= 0.3 is 0 Å². The number of carbonyl (C=O) groups is 1. The Morgan fingerprint density at radius 2 is 2.33 bits per heavy atom. The lowest BCUT2D eigenvalue weighted by Gasteiger charge is -2.31. The Morgan fingerprint density at radius 3 is 3.00 bits per heavy atom. The van der Waals surface area contributed by atoms with Crippen molar-refractivity contribution in [3.05, 3.63) is 29.7 Å². The summed E-state index contributed by atoms with van der Waals surface area (Å²) in [5.74, 6) is 1.53. The van der Waals surface area contributed by atoms with E-state index < -0.39 is 0 Å². The third-order valence-electron chi connectivity index (χ3n) is 3.74. The number of likely N-dealkylation sites (tertiary alicyclic amines) is 1. The average molecular weight is 289 g/mol. The third kappa shape index (κ3) is 3.12. The number of hydrogen-bond acceptors (Lipinski definition) is 5. The zero-order valence-electron chi connectivity index (χ0n) is 12.3. The van der Waals surface area contributed by atoms with Crippen LogP contribution in [0.5, 0.6) is 0 Å². The van der Waals surface area contributed by atoms with Gasteiger partial charge in [0.2, 0.25) is 11.8 Å². The maximum absolute atomic E-state index is 12.4. The van der Waals surface area contributed by atoms with E-state index in [1.807, 2.05) is 18.0 Å². The van der Waals surface area contributed by atoms with Crippen LogP contribution in [0, 0.1) is 13.8 Å². The minimum absolute atomic E-state index is 0.0861. The second-order valence-electron chi connectivity index (χ2n) is 5.57. The quantitative estimate of drug-likeness (QED) is 0.851. The van der Waals surface area contributed by atoms with Crippen LogP contribution >= 0.6 is 0 Å². The van der Waals surface area contributed by atoms with Gasteiger partial charge in [-0.2, -0.15) is 10.1 Å². The number of nitrogens with zero attached hydrogens (tertiary/aromatic N) is 5. The summed E-state index contributed by atoms with van der Waals surface area (Å²) in [6.07, 6.45) is 5.59. The number of hydrogen-bond donors (Lipinski definition) is 0. The molecule has 0 N–H and O–H groups in total. The van der Waals surface area contributed by atoms with Crippen LogP contribution in [0.25, 0.3) is 0 Å². The average Bonchev–Trinajstić information content (AvgIpc) is 3.08. The molecule has 1 aliphatic heterocycles.